The zero-order valence-corrected chi connectivity index (χ0v) is 12.0. The number of nitrogens with two attached hydrogens (primary N) is 1. The molecule has 2 N–H and O–H groups in total. The summed E-state index contributed by atoms with van der Waals surface area (Å²) in [6.07, 6.45) is 3.83. The van der Waals surface area contributed by atoms with Crippen LogP contribution in [-0.4, -0.2) is 19.2 Å². The van der Waals surface area contributed by atoms with E-state index in [1.54, 1.807) is 0 Å². The first-order chi connectivity index (χ1) is 8.67. The molecule has 0 aromatic heterocycles. The number of ether oxygens (including phenoxy) is 1. The summed E-state index contributed by atoms with van der Waals surface area (Å²) >= 11 is 5.98. The van der Waals surface area contributed by atoms with E-state index in [2.05, 4.69) is 25.7 Å². The van der Waals surface area contributed by atoms with Gasteiger partial charge >= 0.3 is 0 Å². The smallest absolute Gasteiger partial charge is 0.137 e. The Hall–Kier alpha value is -0.990. The summed E-state index contributed by atoms with van der Waals surface area (Å²) in [7, 11) is 0. The molecule has 1 rings (SSSR count). The van der Waals surface area contributed by atoms with Crippen LogP contribution in [0.2, 0.25) is 5.02 Å². The third-order valence-electron chi connectivity index (χ3n) is 2.98. The number of quaternary nitrogens is 1. The molecular weight excluding hydrogens is 246 g/mol. The van der Waals surface area contributed by atoms with Crippen LogP contribution >= 0.6 is 11.6 Å². The molecule has 0 spiro atoms. The molecule has 0 aliphatic rings. The van der Waals surface area contributed by atoms with E-state index in [1.165, 1.54) is 6.42 Å². The first-order valence-electron chi connectivity index (χ1n) is 6.52. The third-order valence-corrected chi connectivity index (χ3v) is 3.21. The van der Waals surface area contributed by atoms with Crippen LogP contribution in [0.4, 0.5) is 0 Å². The van der Waals surface area contributed by atoms with Gasteiger partial charge in [-0.3, -0.25) is 0 Å². The van der Waals surface area contributed by atoms with Crippen LogP contribution in [0.1, 0.15) is 25.8 Å². The molecule has 0 fully saturated rings. The van der Waals surface area contributed by atoms with Crippen molar-refractivity contribution in [3.05, 3.63) is 41.4 Å². The molecule has 0 aliphatic carbocycles. The summed E-state index contributed by atoms with van der Waals surface area (Å²) in [5.74, 6) is 0.914. The van der Waals surface area contributed by atoms with Gasteiger partial charge in [-0.1, -0.05) is 24.6 Å². The van der Waals surface area contributed by atoms with Crippen molar-refractivity contribution in [3.63, 3.8) is 0 Å². The largest absolute Gasteiger partial charge is 0.487 e. The van der Waals surface area contributed by atoms with Gasteiger partial charge in [0.2, 0.25) is 0 Å². The number of hydrogen-bond acceptors (Lipinski definition) is 1. The van der Waals surface area contributed by atoms with Gasteiger partial charge in [-0.2, -0.15) is 0 Å². The minimum Gasteiger partial charge on any atom is -0.487 e. The molecule has 18 heavy (non-hydrogen) atoms. The van der Waals surface area contributed by atoms with Crippen LogP contribution in [0.5, 0.6) is 5.75 Å². The molecule has 1 aromatic carbocycles. The molecule has 0 aliphatic heterocycles. The molecule has 0 radical (unpaired) electrons. The van der Waals surface area contributed by atoms with Crippen LogP contribution in [0.3, 0.4) is 0 Å². The summed E-state index contributed by atoms with van der Waals surface area (Å²) in [4.78, 5) is 0. The van der Waals surface area contributed by atoms with Crippen LogP contribution < -0.4 is 10.1 Å². The fourth-order valence-electron chi connectivity index (χ4n) is 1.69. The normalized spacial score (nSPS) is 12.2. The molecule has 3 heteroatoms. The van der Waals surface area contributed by atoms with Crippen molar-refractivity contribution in [2.75, 3.05) is 13.2 Å². The standard InChI is InChI=1S/C15H22ClNO/c1-4-6-13-11-14(16)7-8-15(13)18-10-9-17-12(3)5-2/h4,7-8,11-12,17H,1,5-6,9-10H2,2-3H3/p+1/t12-/m1/s1. The summed E-state index contributed by atoms with van der Waals surface area (Å²) in [5.41, 5.74) is 1.10. The van der Waals surface area contributed by atoms with E-state index in [-0.39, 0.29) is 0 Å². The lowest BCUT2D eigenvalue weighted by atomic mass is 10.1. The van der Waals surface area contributed by atoms with Crippen molar-refractivity contribution in [1.29, 1.82) is 0 Å². The van der Waals surface area contributed by atoms with E-state index in [0.29, 0.717) is 6.04 Å². The van der Waals surface area contributed by atoms with Crippen molar-refractivity contribution in [2.45, 2.75) is 32.7 Å². The molecule has 0 unspecified atom stereocenters. The molecule has 0 saturated carbocycles. The molecule has 1 atom stereocenters. The molecule has 2 nitrogen and oxygen atoms in total. The quantitative estimate of drug-likeness (QED) is 0.569. The van der Waals surface area contributed by atoms with E-state index in [1.807, 2.05) is 24.3 Å². The number of benzene rings is 1. The Labute approximate surface area is 115 Å². The van der Waals surface area contributed by atoms with E-state index >= 15 is 0 Å². The Morgan fingerprint density at radius 2 is 2.28 bits per heavy atom. The highest BCUT2D eigenvalue weighted by molar-refractivity contribution is 6.30. The third kappa shape index (κ3) is 5.11. The number of allylic oxidation sites excluding steroid dienone is 1. The average Bonchev–Trinajstić information content (AvgIpc) is 2.36. The second-order valence-corrected chi connectivity index (χ2v) is 4.94. The van der Waals surface area contributed by atoms with E-state index in [9.17, 15) is 0 Å². The molecule has 0 bridgehead atoms. The Morgan fingerprint density at radius 3 is 2.94 bits per heavy atom. The highest BCUT2D eigenvalue weighted by atomic mass is 35.5. The van der Waals surface area contributed by atoms with Crippen molar-refractivity contribution < 1.29 is 10.1 Å². The molecule has 0 amide bonds. The van der Waals surface area contributed by atoms with Gasteiger partial charge in [0.1, 0.15) is 18.9 Å². The van der Waals surface area contributed by atoms with E-state index in [0.717, 1.165) is 35.9 Å². The maximum Gasteiger partial charge on any atom is 0.137 e. The van der Waals surface area contributed by atoms with Gasteiger partial charge < -0.3 is 10.1 Å². The lowest BCUT2D eigenvalue weighted by Gasteiger charge is -2.12. The first kappa shape index (κ1) is 15.1. The lowest BCUT2D eigenvalue weighted by Crippen LogP contribution is -2.90. The van der Waals surface area contributed by atoms with Crippen LogP contribution in [0, 0.1) is 0 Å². The first-order valence-corrected chi connectivity index (χ1v) is 6.90. The topological polar surface area (TPSA) is 25.8 Å². The maximum absolute atomic E-state index is 5.98. The predicted molar refractivity (Wildman–Crippen MR) is 77.4 cm³/mol. The molecule has 0 heterocycles. The Morgan fingerprint density at radius 1 is 1.50 bits per heavy atom. The molecule has 100 valence electrons. The van der Waals surface area contributed by atoms with Crippen LogP contribution in [0.25, 0.3) is 0 Å². The zero-order valence-electron chi connectivity index (χ0n) is 11.3. The van der Waals surface area contributed by atoms with Gasteiger partial charge in [0.25, 0.3) is 0 Å². The second kappa shape index (κ2) is 8.17. The number of rotatable bonds is 8. The monoisotopic (exact) mass is 268 g/mol. The zero-order chi connectivity index (χ0) is 13.4. The van der Waals surface area contributed by atoms with Crippen LogP contribution in [-0.2, 0) is 6.42 Å². The number of halogens is 1. The summed E-state index contributed by atoms with van der Waals surface area (Å²) < 4.78 is 5.80. The Balaban J connectivity index is 2.48. The average molecular weight is 269 g/mol. The highest BCUT2D eigenvalue weighted by Gasteiger charge is 2.05. The van der Waals surface area contributed by atoms with Gasteiger partial charge in [0.05, 0.1) is 6.04 Å². The number of hydrogen-bond donors (Lipinski definition) is 1. The molecular formula is C15H23ClNO+. The van der Waals surface area contributed by atoms with Crippen molar-refractivity contribution >= 4 is 11.6 Å². The Bertz CT molecular complexity index is 379. The van der Waals surface area contributed by atoms with Crippen LogP contribution in [0.15, 0.2) is 30.9 Å². The molecule has 1 aromatic rings. The SMILES string of the molecule is C=CCc1cc(Cl)ccc1OCC[NH2+][C@H](C)CC. The second-order valence-electron chi connectivity index (χ2n) is 4.50. The lowest BCUT2D eigenvalue weighted by molar-refractivity contribution is -0.686. The van der Waals surface area contributed by atoms with Crippen molar-refractivity contribution in [1.82, 2.24) is 0 Å². The fourth-order valence-corrected chi connectivity index (χ4v) is 1.89. The minimum absolute atomic E-state index is 0.659. The van der Waals surface area contributed by atoms with Crippen molar-refractivity contribution in [2.24, 2.45) is 0 Å². The summed E-state index contributed by atoms with van der Waals surface area (Å²) in [6, 6.07) is 6.40. The van der Waals surface area contributed by atoms with Gasteiger partial charge in [-0.05, 0) is 43.5 Å². The van der Waals surface area contributed by atoms with E-state index in [4.69, 9.17) is 16.3 Å². The minimum atomic E-state index is 0.659. The van der Waals surface area contributed by atoms with Crippen molar-refractivity contribution in [3.8, 4) is 5.75 Å². The van der Waals surface area contributed by atoms with Gasteiger partial charge in [0.15, 0.2) is 0 Å². The Kier molecular flexibility index (Phi) is 6.84. The maximum atomic E-state index is 5.98. The van der Waals surface area contributed by atoms with Gasteiger partial charge in [-0.25, -0.2) is 0 Å². The predicted octanol–water partition coefficient (Wildman–Crippen LogP) is 2.81. The van der Waals surface area contributed by atoms with Gasteiger partial charge in [0, 0.05) is 5.02 Å². The molecule has 0 saturated heterocycles. The fraction of sp³-hybridized carbons (Fsp3) is 0.467. The van der Waals surface area contributed by atoms with E-state index < -0.39 is 0 Å². The summed E-state index contributed by atoms with van der Waals surface area (Å²) in [6.45, 7) is 9.87. The van der Waals surface area contributed by atoms with Gasteiger partial charge in [-0.15, -0.1) is 6.58 Å². The highest BCUT2D eigenvalue weighted by Crippen LogP contribution is 2.23. The summed E-state index contributed by atoms with van der Waals surface area (Å²) in [5, 5.41) is 3.05.